The highest BCUT2D eigenvalue weighted by atomic mass is 16.5. The van der Waals surface area contributed by atoms with Gasteiger partial charge in [0.15, 0.2) is 5.78 Å². The van der Waals surface area contributed by atoms with Crippen molar-refractivity contribution in [3.8, 4) is 5.75 Å². The molecule has 0 amide bonds. The molecule has 2 aliphatic rings. The lowest BCUT2D eigenvalue weighted by Crippen LogP contribution is -2.56. The summed E-state index contributed by atoms with van der Waals surface area (Å²) in [6.07, 6.45) is 2.62. The van der Waals surface area contributed by atoms with Crippen molar-refractivity contribution >= 4 is 5.78 Å². The minimum atomic E-state index is -0.778. The van der Waals surface area contributed by atoms with Gasteiger partial charge in [-0.1, -0.05) is 13.0 Å². The summed E-state index contributed by atoms with van der Waals surface area (Å²) in [5, 5.41) is 0. The Morgan fingerprint density at radius 1 is 1.44 bits per heavy atom. The van der Waals surface area contributed by atoms with E-state index in [1.165, 1.54) is 5.56 Å². The Morgan fingerprint density at radius 2 is 2.22 bits per heavy atom. The van der Waals surface area contributed by atoms with Gasteiger partial charge in [0.2, 0.25) is 0 Å². The van der Waals surface area contributed by atoms with Crippen molar-refractivity contribution < 1.29 is 9.53 Å². The van der Waals surface area contributed by atoms with E-state index in [2.05, 4.69) is 13.0 Å². The lowest BCUT2D eigenvalue weighted by molar-refractivity contribution is -0.134. The molecule has 1 aromatic carbocycles. The highest BCUT2D eigenvalue weighted by molar-refractivity contribution is 5.94. The number of methoxy groups -OCH3 is 1. The Morgan fingerprint density at radius 3 is 2.94 bits per heavy atom. The van der Waals surface area contributed by atoms with Crippen LogP contribution in [0.1, 0.15) is 30.9 Å². The van der Waals surface area contributed by atoms with Crippen LogP contribution < -0.4 is 10.5 Å². The first kappa shape index (κ1) is 11.7. The van der Waals surface area contributed by atoms with E-state index in [9.17, 15) is 4.79 Å². The standard InChI is InChI=1S/C15H19NO2/c1-9-5-6-15(16)13-8-11(18-2)4-3-10(13)7-12(9)14(15)17/h3-4,8-9,12H,5-7,16H2,1-2H3/t9?,12-,15+/m0/s1. The Labute approximate surface area is 107 Å². The number of hydrogen-bond donors (Lipinski definition) is 1. The van der Waals surface area contributed by atoms with E-state index in [4.69, 9.17) is 10.5 Å². The highest BCUT2D eigenvalue weighted by Gasteiger charge is 2.50. The van der Waals surface area contributed by atoms with Crippen LogP contribution in [-0.4, -0.2) is 12.9 Å². The van der Waals surface area contributed by atoms with Gasteiger partial charge in [0.25, 0.3) is 0 Å². The molecule has 0 radical (unpaired) electrons. The summed E-state index contributed by atoms with van der Waals surface area (Å²) < 4.78 is 5.25. The third-order valence-electron chi connectivity index (χ3n) is 4.69. The molecule has 1 unspecified atom stereocenters. The molecule has 3 heteroatoms. The molecule has 0 heterocycles. The van der Waals surface area contributed by atoms with Crippen LogP contribution >= 0.6 is 0 Å². The predicted octanol–water partition coefficient (Wildman–Crippen LogP) is 2.02. The minimum absolute atomic E-state index is 0.102. The van der Waals surface area contributed by atoms with Crippen LogP contribution in [0.25, 0.3) is 0 Å². The molecular formula is C15H19NO2. The molecule has 2 N–H and O–H groups in total. The number of fused-ring (bicyclic) bond motifs is 4. The molecule has 1 fully saturated rings. The van der Waals surface area contributed by atoms with Crippen molar-refractivity contribution in [2.24, 2.45) is 17.6 Å². The molecule has 96 valence electrons. The van der Waals surface area contributed by atoms with Crippen LogP contribution in [0.5, 0.6) is 5.75 Å². The molecule has 1 saturated carbocycles. The average molecular weight is 245 g/mol. The fraction of sp³-hybridized carbons (Fsp3) is 0.533. The number of ether oxygens (including phenoxy) is 1. The maximum atomic E-state index is 12.5. The fourth-order valence-corrected chi connectivity index (χ4v) is 3.44. The van der Waals surface area contributed by atoms with Crippen LogP contribution in [0.4, 0.5) is 0 Å². The second-order valence-corrected chi connectivity index (χ2v) is 5.69. The van der Waals surface area contributed by atoms with Gasteiger partial charge in [-0.05, 0) is 48.4 Å². The quantitative estimate of drug-likeness (QED) is 0.823. The number of carbonyl (C=O) groups excluding carboxylic acids is 1. The van der Waals surface area contributed by atoms with Crippen LogP contribution in [0, 0.1) is 11.8 Å². The monoisotopic (exact) mass is 245 g/mol. The summed E-state index contributed by atoms with van der Waals surface area (Å²) in [6, 6.07) is 5.96. The Hall–Kier alpha value is -1.35. The van der Waals surface area contributed by atoms with Crippen molar-refractivity contribution in [3.05, 3.63) is 29.3 Å². The number of ketones is 1. The maximum absolute atomic E-state index is 12.5. The maximum Gasteiger partial charge on any atom is 0.160 e. The minimum Gasteiger partial charge on any atom is -0.497 e. The first-order chi connectivity index (χ1) is 8.56. The second-order valence-electron chi connectivity index (χ2n) is 5.69. The van der Waals surface area contributed by atoms with Crippen LogP contribution in [0.2, 0.25) is 0 Å². The Balaban J connectivity index is 2.16. The second kappa shape index (κ2) is 3.82. The van der Waals surface area contributed by atoms with Gasteiger partial charge in [0, 0.05) is 5.92 Å². The van der Waals surface area contributed by atoms with Gasteiger partial charge >= 0.3 is 0 Å². The van der Waals surface area contributed by atoms with Gasteiger partial charge < -0.3 is 10.5 Å². The molecule has 18 heavy (non-hydrogen) atoms. The van der Waals surface area contributed by atoms with Gasteiger partial charge in [0.05, 0.1) is 7.11 Å². The van der Waals surface area contributed by atoms with Crippen molar-refractivity contribution in [2.45, 2.75) is 31.7 Å². The zero-order valence-electron chi connectivity index (χ0n) is 10.9. The van der Waals surface area contributed by atoms with Crippen LogP contribution in [0.15, 0.2) is 18.2 Å². The molecule has 0 aromatic heterocycles. The van der Waals surface area contributed by atoms with Gasteiger partial charge in [-0.15, -0.1) is 0 Å². The smallest absolute Gasteiger partial charge is 0.160 e. The SMILES string of the molecule is COc1ccc2c(c1)[C@]1(N)CCC(C)[C@H](C2)C1=O. The first-order valence-electron chi connectivity index (χ1n) is 6.57. The zero-order chi connectivity index (χ0) is 12.9. The van der Waals surface area contributed by atoms with Crippen molar-refractivity contribution in [2.75, 3.05) is 7.11 Å². The lowest BCUT2D eigenvalue weighted by Gasteiger charge is -2.45. The van der Waals surface area contributed by atoms with Crippen molar-refractivity contribution in [3.63, 3.8) is 0 Å². The third kappa shape index (κ3) is 1.43. The van der Waals surface area contributed by atoms with E-state index >= 15 is 0 Å². The number of Topliss-reactive ketones (excluding diaryl/α,β-unsaturated/α-hetero) is 1. The van der Waals surface area contributed by atoms with Gasteiger partial charge in [0.1, 0.15) is 11.3 Å². The number of carbonyl (C=O) groups is 1. The van der Waals surface area contributed by atoms with Gasteiger partial charge in [-0.25, -0.2) is 0 Å². The summed E-state index contributed by atoms with van der Waals surface area (Å²) in [7, 11) is 1.64. The molecule has 3 rings (SSSR count). The number of hydrogen-bond acceptors (Lipinski definition) is 3. The summed E-state index contributed by atoms with van der Waals surface area (Å²) in [5.74, 6) is 1.56. The lowest BCUT2D eigenvalue weighted by atomic mass is 9.60. The molecule has 0 aliphatic heterocycles. The summed E-state index contributed by atoms with van der Waals surface area (Å²) >= 11 is 0. The van der Waals surface area contributed by atoms with E-state index in [0.29, 0.717) is 5.92 Å². The number of benzene rings is 1. The average Bonchev–Trinajstić information content (AvgIpc) is 2.38. The van der Waals surface area contributed by atoms with Crippen LogP contribution in [-0.2, 0) is 16.8 Å². The van der Waals surface area contributed by atoms with E-state index in [1.54, 1.807) is 7.11 Å². The topological polar surface area (TPSA) is 52.3 Å². The highest BCUT2D eigenvalue weighted by Crippen LogP contribution is 2.46. The predicted molar refractivity (Wildman–Crippen MR) is 69.5 cm³/mol. The normalized spacial score (nSPS) is 34.1. The summed E-state index contributed by atoms with van der Waals surface area (Å²) in [5.41, 5.74) is 7.86. The van der Waals surface area contributed by atoms with E-state index < -0.39 is 5.54 Å². The molecule has 2 bridgehead atoms. The Kier molecular flexibility index (Phi) is 2.49. The molecule has 3 nitrogen and oxygen atoms in total. The van der Waals surface area contributed by atoms with E-state index in [-0.39, 0.29) is 11.7 Å². The molecule has 0 spiro atoms. The molecule has 0 saturated heterocycles. The van der Waals surface area contributed by atoms with E-state index in [1.807, 2.05) is 12.1 Å². The largest absolute Gasteiger partial charge is 0.497 e. The summed E-state index contributed by atoms with van der Waals surface area (Å²) in [4.78, 5) is 12.5. The van der Waals surface area contributed by atoms with Crippen molar-refractivity contribution in [1.82, 2.24) is 0 Å². The van der Waals surface area contributed by atoms with Gasteiger partial charge in [-0.2, -0.15) is 0 Å². The third-order valence-corrected chi connectivity index (χ3v) is 4.69. The Bertz CT molecular complexity index is 511. The molecule has 1 aromatic rings. The first-order valence-corrected chi connectivity index (χ1v) is 6.57. The fourth-order valence-electron chi connectivity index (χ4n) is 3.44. The molecule has 3 atom stereocenters. The summed E-state index contributed by atoms with van der Waals surface area (Å²) in [6.45, 7) is 2.16. The van der Waals surface area contributed by atoms with Crippen molar-refractivity contribution in [1.29, 1.82) is 0 Å². The number of nitrogens with two attached hydrogens (primary N) is 1. The number of rotatable bonds is 1. The van der Waals surface area contributed by atoms with Gasteiger partial charge in [-0.3, -0.25) is 4.79 Å². The zero-order valence-corrected chi connectivity index (χ0v) is 10.9. The molecular weight excluding hydrogens is 226 g/mol. The van der Waals surface area contributed by atoms with Crippen LogP contribution in [0.3, 0.4) is 0 Å². The molecule has 2 aliphatic carbocycles. The van der Waals surface area contributed by atoms with E-state index in [0.717, 1.165) is 30.6 Å².